The number of fused-ring (bicyclic) bond motifs is 1. The van der Waals surface area contributed by atoms with Crippen LogP contribution >= 0.6 is 0 Å². The Morgan fingerprint density at radius 1 is 0.949 bits per heavy atom. The molecule has 0 aliphatic rings. The van der Waals surface area contributed by atoms with Crippen LogP contribution in [0.15, 0.2) is 72.8 Å². The molecule has 0 fully saturated rings. The van der Waals surface area contributed by atoms with Crippen LogP contribution in [0.2, 0.25) is 0 Å². The van der Waals surface area contributed by atoms with Crippen molar-refractivity contribution in [3.63, 3.8) is 0 Å². The van der Waals surface area contributed by atoms with E-state index in [0.717, 1.165) is 34.2 Å². The highest BCUT2D eigenvalue weighted by Gasteiger charge is 2.32. The number of carbonyl (C=O) groups is 1. The van der Waals surface area contributed by atoms with Gasteiger partial charge in [0.25, 0.3) is 0 Å². The SMILES string of the molecule is CCOC(=O)C(C)(C)Oc1cc(OCCc2ccc(-c3ccc(C(F)(F)F)cc3)nc2C)cc2ccccc12. The molecule has 0 N–H and O–H groups in total. The molecule has 0 amide bonds. The predicted octanol–water partition coefficient (Wildman–Crippen LogP) is 7.57. The molecule has 204 valence electrons. The van der Waals surface area contributed by atoms with Gasteiger partial charge in [-0.25, -0.2) is 4.79 Å². The number of pyridine rings is 1. The third-order valence-corrected chi connectivity index (χ3v) is 6.27. The molecule has 0 bridgehead atoms. The fourth-order valence-electron chi connectivity index (χ4n) is 4.16. The summed E-state index contributed by atoms with van der Waals surface area (Å²) in [5.74, 6) is 0.651. The van der Waals surface area contributed by atoms with Gasteiger partial charge in [-0.15, -0.1) is 0 Å². The summed E-state index contributed by atoms with van der Waals surface area (Å²) in [5.41, 5.74) is 1.08. The van der Waals surface area contributed by atoms with Crippen LogP contribution in [0.25, 0.3) is 22.0 Å². The Morgan fingerprint density at radius 3 is 2.33 bits per heavy atom. The van der Waals surface area contributed by atoms with E-state index in [1.807, 2.05) is 43.3 Å². The standard InChI is InChI=1S/C31H30F3NO4/c1-5-37-29(36)30(3,4)39-28-19-25(18-23-8-6-7-9-26(23)28)38-17-16-21-12-15-27(35-20(21)2)22-10-13-24(14-11-22)31(32,33)34/h6-15,18-19H,5,16-17H2,1-4H3. The van der Waals surface area contributed by atoms with Gasteiger partial charge in [-0.1, -0.05) is 42.5 Å². The Labute approximate surface area is 225 Å². The number of halogens is 3. The van der Waals surface area contributed by atoms with Gasteiger partial charge in [0, 0.05) is 29.1 Å². The fraction of sp³-hybridized carbons (Fsp3) is 0.290. The zero-order chi connectivity index (χ0) is 28.2. The predicted molar refractivity (Wildman–Crippen MR) is 144 cm³/mol. The number of nitrogens with zero attached hydrogens (tertiary/aromatic N) is 1. The van der Waals surface area contributed by atoms with Gasteiger partial charge in [0.05, 0.1) is 24.5 Å². The highest BCUT2D eigenvalue weighted by atomic mass is 19.4. The van der Waals surface area contributed by atoms with Gasteiger partial charge in [-0.2, -0.15) is 13.2 Å². The van der Waals surface area contributed by atoms with Crippen molar-refractivity contribution in [3.8, 4) is 22.8 Å². The smallest absolute Gasteiger partial charge is 0.416 e. The first-order valence-electron chi connectivity index (χ1n) is 12.6. The molecule has 0 saturated heterocycles. The molecule has 3 aromatic carbocycles. The van der Waals surface area contributed by atoms with Crippen LogP contribution in [0.5, 0.6) is 11.5 Å². The summed E-state index contributed by atoms with van der Waals surface area (Å²) in [7, 11) is 0. The molecule has 4 rings (SSSR count). The normalized spacial score (nSPS) is 11.9. The molecule has 0 atom stereocenters. The monoisotopic (exact) mass is 537 g/mol. The second-order valence-corrected chi connectivity index (χ2v) is 9.59. The molecular weight excluding hydrogens is 507 g/mol. The molecule has 8 heteroatoms. The van der Waals surface area contributed by atoms with Crippen LogP contribution in [0.4, 0.5) is 13.2 Å². The summed E-state index contributed by atoms with van der Waals surface area (Å²) in [6.07, 6.45) is -3.80. The van der Waals surface area contributed by atoms with Gasteiger partial charge in [0.15, 0.2) is 5.60 Å². The van der Waals surface area contributed by atoms with Crippen LogP contribution < -0.4 is 9.47 Å². The van der Waals surface area contributed by atoms with E-state index in [1.54, 1.807) is 32.9 Å². The van der Waals surface area contributed by atoms with Gasteiger partial charge >= 0.3 is 12.1 Å². The highest BCUT2D eigenvalue weighted by Crippen LogP contribution is 2.34. The third kappa shape index (κ3) is 6.69. The van der Waals surface area contributed by atoms with Gasteiger partial charge in [-0.05, 0) is 62.9 Å². The van der Waals surface area contributed by atoms with Crippen LogP contribution in [0, 0.1) is 6.92 Å². The molecule has 4 aromatic rings. The number of benzene rings is 3. The van der Waals surface area contributed by atoms with E-state index in [-0.39, 0.29) is 6.61 Å². The Bertz CT molecular complexity index is 1460. The molecule has 1 aromatic heterocycles. The number of aryl methyl sites for hydroxylation is 1. The summed E-state index contributed by atoms with van der Waals surface area (Å²) in [4.78, 5) is 17.0. The minimum absolute atomic E-state index is 0.259. The lowest BCUT2D eigenvalue weighted by Gasteiger charge is -2.25. The van der Waals surface area contributed by atoms with Crippen LogP contribution in [0.3, 0.4) is 0 Å². The number of hydrogen-bond donors (Lipinski definition) is 0. The van der Waals surface area contributed by atoms with Gasteiger partial charge in [0.2, 0.25) is 0 Å². The van der Waals surface area contributed by atoms with Crippen molar-refractivity contribution in [1.82, 2.24) is 4.98 Å². The maximum absolute atomic E-state index is 12.9. The number of hydrogen-bond acceptors (Lipinski definition) is 5. The molecule has 0 radical (unpaired) electrons. The largest absolute Gasteiger partial charge is 0.493 e. The van der Waals surface area contributed by atoms with Crippen molar-refractivity contribution < 1.29 is 32.2 Å². The lowest BCUT2D eigenvalue weighted by Crippen LogP contribution is -2.39. The first-order valence-corrected chi connectivity index (χ1v) is 12.6. The molecule has 39 heavy (non-hydrogen) atoms. The molecule has 5 nitrogen and oxygen atoms in total. The van der Waals surface area contributed by atoms with Gasteiger partial charge < -0.3 is 14.2 Å². The number of ether oxygens (including phenoxy) is 3. The van der Waals surface area contributed by atoms with Gasteiger partial charge in [-0.3, -0.25) is 4.98 Å². The van der Waals surface area contributed by atoms with Crippen molar-refractivity contribution >= 4 is 16.7 Å². The lowest BCUT2D eigenvalue weighted by atomic mass is 10.1. The molecule has 1 heterocycles. The summed E-state index contributed by atoms with van der Waals surface area (Å²) >= 11 is 0. The van der Waals surface area contributed by atoms with Crippen LogP contribution in [0.1, 0.15) is 37.6 Å². The zero-order valence-electron chi connectivity index (χ0n) is 22.3. The van der Waals surface area contributed by atoms with E-state index in [4.69, 9.17) is 14.2 Å². The Balaban J connectivity index is 1.47. The maximum atomic E-state index is 12.9. The number of alkyl halides is 3. The van der Waals surface area contributed by atoms with Crippen molar-refractivity contribution in [2.45, 2.75) is 45.9 Å². The second-order valence-electron chi connectivity index (χ2n) is 9.59. The number of aromatic nitrogens is 1. The van der Waals surface area contributed by atoms with Crippen molar-refractivity contribution in [1.29, 1.82) is 0 Å². The Morgan fingerprint density at radius 2 is 1.67 bits per heavy atom. The minimum Gasteiger partial charge on any atom is -0.493 e. The number of esters is 1. The zero-order valence-corrected chi connectivity index (χ0v) is 22.3. The lowest BCUT2D eigenvalue weighted by molar-refractivity contribution is -0.158. The van der Waals surface area contributed by atoms with E-state index in [1.165, 1.54) is 12.1 Å². The topological polar surface area (TPSA) is 57.7 Å². The highest BCUT2D eigenvalue weighted by molar-refractivity contribution is 5.90. The summed E-state index contributed by atoms with van der Waals surface area (Å²) in [6, 6.07) is 20.0. The minimum atomic E-state index is -4.37. The second kappa shape index (κ2) is 11.4. The molecule has 0 unspecified atom stereocenters. The van der Waals surface area contributed by atoms with Crippen molar-refractivity contribution in [3.05, 3.63) is 89.6 Å². The Kier molecular flexibility index (Phi) is 8.14. The third-order valence-electron chi connectivity index (χ3n) is 6.27. The quantitative estimate of drug-likeness (QED) is 0.206. The summed E-state index contributed by atoms with van der Waals surface area (Å²) in [5, 5.41) is 1.75. The molecule has 0 aliphatic carbocycles. The van der Waals surface area contributed by atoms with E-state index in [0.29, 0.717) is 35.8 Å². The van der Waals surface area contributed by atoms with Gasteiger partial charge in [0.1, 0.15) is 11.5 Å². The Hall–Kier alpha value is -4.07. The molecule has 0 saturated carbocycles. The van der Waals surface area contributed by atoms with Crippen LogP contribution in [-0.2, 0) is 22.1 Å². The fourth-order valence-corrected chi connectivity index (χ4v) is 4.16. The average molecular weight is 538 g/mol. The molecular formula is C31H30F3NO4. The van der Waals surface area contributed by atoms with E-state index < -0.39 is 23.3 Å². The first kappa shape index (κ1) is 28.0. The number of carbonyl (C=O) groups excluding carboxylic acids is 1. The first-order chi connectivity index (χ1) is 18.5. The van der Waals surface area contributed by atoms with E-state index in [2.05, 4.69) is 4.98 Å². The average Bonchev–Trinajstić information content (AvgIpc) is 2.89. The maximum Gasteiger partial charge on any atom is 0.416 e. The van der Waals surface area contributed by atoms with E-state index in [9.17, 15) is 18.0 Å². The molecule has 0 spiro atoms. The molecule has 0 aliphatic heterocycles. The van der Waals surface area contributed by atoms with E-state index >= 15 is 0 Å². The summed E-state index contributed by atoms with van der Waals surface area (Å²) in [6.45, 7) is 7.56. The number of rotatable bonds is 9. The van der Waals surface area contributed by atoms with Crippen molar-refractivity contribution in [2.24, 2.45) is 0 Å². The summed E-state index contributed by atoms with van der Waals surface area (Å²) < 4.78 is 55.9. The van der Waals surface area contributed by atoms with Crippen molar-refractivity contribution in [2.75, 3.05) is 13.2 Å². The van der Waals surface area contributed by atoms with Crippen LogP contribution in [-0.4, -0.2) is 29.8 Å².